The SMILES string of the molecule is COC(=O)/C(C#N)=C\c1cc2c(C)ccc(C)c2[nH]c1=O. The van der Waals surface area contributed by atoms with Gasteiger partial charge in [-0.15, -0.1) is 0 Å². The van der Waals surface area contributed by atoms with Gasteiger partial charge in [-0.2, -0.15) is 5.26 Å². The minimum atomic E-state index is -0.766. The fourth-order valence-corrected chi connectivity index (χ4v) is 2.10. The summed E-state index contributed by atoms with van der Waals surface area (Å²) in [4.78, 5) is 26.3. The van der Waals surface area contributed by atoms with Crippen molar-refractivity contribution in [2.75, 3.05) is 7.11 Å². The lowest BCUT2D eigenvalue weighted by Gasteiger charge is -2.06. The Labute approximate surface area is 121 Å². The second-order valence-corrected chi connectivity index (χ2v) is 4.70. The van der Waals surface area contributed by atoms with Gasteiger partial charge in [-0.05, 0) is 37.1 Å². The molecule has 0 fully saturated rings. The number of aryl methyl sites for hydroxylation is 2. The Morgan fingerprint density at radius 2 is 2.00 bits per heavy atom. The lowest BCUT2D eigenvalue weighted by molar-refractivity contribution is -0.135. The van der Waals surface area contributed by atoms with Gasteiger partial charge in [0.2, 0.25) is 0 Å². The van der Waals surface area contributed by atoms with Crippen LogP contribution in [0, 0.1) is 25.2 Å². The first-order valence-electron chi connectivity index (χ1n) is 6.31. The summed E-state index contributed by atoms with van der Waals surface area (Å²) >= 11 is 0. The third-order valence-corrected chi connectivity index (χ3v) is 3.30. The van der Waals surface area contributed by atoms with Crippen molar-refractivity contribution < 1.29 is 9.53 Å². The molecule has 2 aromatic rings. The summed E-state index contributed by atoms with van der Waals surface area (Å²) in [5.41, 5.74) is 2.39. The number of hydrogen-bond donors (Lipinski definition) is 1. The Bertz CT molecular complexity index is 854. The maximum absolute atomic E-state index is 12.1. The maximum atomic E-state index is 12.1. The Hall–Kier alpha value is -2.87. The first-order valence-corrected chi connectivity index (χ1v) is 6.31. The van der Waals surface area contributed by atoms with Gasteiger partial charge in [0.05, 0.1) is 12.6 Å². The van der Waals surface area contributed by atoms with Crippen molar-refractivity contribution >= 4 is 22.9 Å². The van der Waals surface area contributed by atoms with Gasteiger partial charge < -0.3 is 9.72 Å². The van der Waals surface area contributed by atoms with Crippen molar-refractivity contribution in [1.82, 2.24) is 4.98 Å². The number of ether oxygens (including phenoxy) is 1. The predicted octanol–water partition coefficient (Wildman–Crippen LogP) is 2.22. The first kappa shape index (κ1) is 14.5. The van der Waals surface area contributed by atoms with Crippen LogP contribution in [0.1, 0.15) is 16.7 Å². The Kier molecular flexibility index (Phi) is 3.90. The number of nitrogens with zero attached hydrogens (tertiary/aromatic N) is 1. The molecule has 106 valence electrons. The van der Waals surface area contributed by atoms with Crippen LogP contribution in [-0.2, 0) is 9.53 Å². The number of rotatable bonds is 2. The standard InChI is InChI=1S/C16H14N2O3/c1-9-4-5-10(2)14-13(9)7-11(15(19)18-14)6-12(8-17)16(20)21-3/h4-7H,1-3H3,(H,18,19)/b12-6-. The van der Waals surface area contributed by atoms with E-state index in [1.165, 1.54) is 13.2 Å². The van der Waals surface area contributed by atoms with Crippen molar-refractivity contribution in [3.05, 3.63) is 50.8 Å². The van der Waals surface area contributed by atoms with Gasteiger partial charge in [-0.1, -0.05) is 12.1 Å². The fraction of sp³-hybridized carbons (Fsp3) is 0.188. The van der Waals surface area contributed by atoms with E-state index in [0.29, 0.717) is 0 Å². The molecule has 0 aliphatic rings. The minimum Gasteiger partial charge on any atom is -0.465 e. The number of hydrogen-bond acceptors (Lipinski definition) is 4. The van der Waals surface area contributed by atoms with E-state index in [0.717, 1.165) is 22.0 Å². The molecule has 0 unspecified atom stereocenters. The third-order valence-electron chi connectivity index (χ3n) is 3.30. The Morgan fingerprint density at radius 3 is 2.62 bits per heavy atom. The van der Waals surface area contributed by atoms with E-state index in [9.17, 15) is 9.59 Å². The van der Waals surface area contributed by atoms with Crippen molar-refractivity contribution in [3.63, 3.8) is 0 Å². The molecule has 0 radical (unpaired) electrons. The highest BCUT2D eigenvalue weighted by Crippen LogP contribution is 2.20. The minimum absolute atomic E-state index is 0.215. The molecular formula is C16H14N2O3. The summed E-state index contributed by atoms with van der Waals surface area (Å²) < 4.78 is 4.50. The van der Waals surface area contributed by atoms with E-state index in [2.05, 4.69) is 9.72 Å². The second kappa shape index (κ2) is 5.63. The van der Waals surface area contributed by atoms with Gasteiger partial charge in [0.1, 0.15) is 11.6 Å². The van der Waals surface area contributed by atoms with Crippen LogP contribution in [-0.4, -0.2) is 18.1 Å². The van der Waals surface area contributed by atoms with Gasteiger partial charge >= 0.3 is 5.97 Å². The Balaban J connectivity index is 2.72. The van der Waals surface area contributed by atoms with Crippen LogP contribution in [0.3, 0.4) is 0 Å². The molecule has 0 saturated carbocycles. The number of carbonyl (C=O) groups is 1. The van der Waals surface area contributed by atoms with Crippen LogP contribution < -0.4 is 5.56 Å². The number of carbonyl (C=O) groups excluding carboxylic acids is 1. The highest BCUT2D eigenvalue weighted by Gasteiger charge is 2.11. The third kappa shape index (κ3) is 2.70. The number of H-pyrrole nitrogens is 1. The topological polar surface area (TPSA) is 82.9 Å². The molecule has 1 aromatic heterocycles. The number of fused-ring (bicyclic) bond motifs is 1. The van der Waals surface area contributed by atoms with Gasteiger partial charge in [0.15, 0.2) is 0 Å². The number of benzene rings is 1. The smallest absolute Gasteiger partial charge is 0.348 e. The molecular weight excluding hydrogens is 268 g/mol. The number of aromatic nitrogens is 1. The van der Waals surface area contributed by atoms with E-state index in [1.807, 2.05) is 26.0 Å². The Morgan fingerprint density at radius 1 is 1.33 bits per heavy atom. The number of pyridine rings is 1. The summed E-state index contributed by atoms with van der Waals surface area (Å²) in [5, 5.41) is 9.84. The highest BCUT2D eigenvalue weighted by molar-refractivity contribution is 5.98. The van der Waals surface area contributed by atoms with Crippen LogP contribution in [0.2, 0.25) is 0 Å². The first-order chi connectivity index (χ1) is 9.97. The largest absolute Gasteiger partial charge is 0.465 e. The summed E-state index contributed by atoms with van der Waals surface area (Å²) in [5.74, 6) is -0.766. The molecule has 1 N–H and O–H groups in total. The summed E-state index contributed by atoms with van der Waals surface area (Å²) in [6.45, 7) is 3.83. The van der Waals surface area contributed by atoms with Crippen LogP contribution in [0.15, 0.2) is 28.6 Å². The van der Waals surface area contributed by atoms with Gasteiger partial charge in [0.25, 0.3) is 5.56 Å². The zero-order valence-electron chi connectivity index (χ0n) is 12.0. The zero-order valence-corrected chi connectivity index (χ0v) is 12.0. The molecule has 5 nitrogen and oxygen atoms in total. The number of esters is 1. The lowest BCUT2D eigenvalue weighted by Crippen LogP contribution is -2.11. The molecule has 0 amide bonds. The summed E-state index contributed by atoms with van der Waals surface area (Å²) in [6.07, 6.45) is 1.24. The van der Waals surface area contributed by atoms with Gasteiger partial charge in [-0.25, -0.2) is 4.79 Å². The van der Waals surface area contributed by atoms with Crippen LogP contribution in [0.25, 0.3) is 17.0 Å². The van der Waals surface area contributed by atoms with E-state index < -0.39 is 5.97 Å². The van der Waals surface area contributed by atoms with Crippen molar-refractivity contribution in [1.29, 1.82) is 5.26 Å². The average Bonchev–Trinajstić information content (AvgIpc) is 2.48. The molecule has 1 aromatic carbocycles. The quantitative estimate of drug-likeness (QED) is 0.520. The molecule has 0 spiro atoms. The maximum Gasteiger partial charge on any atom is 0.348 e. The molecule has 0 aliphatic carbocycles. The molecule has 0 saturated heterocycles. The van der Waals surface area contributed by atoms with Crippen LogP contribution >= 0.6 is 0 Å². The van der Waals surface area contributed by atoms with Crippen LogP contribution in [0.4, 0.5) is 0 Å². The molecule has 21 heavy (non-hydrogen) atoms. The highest BCUT2D eigenvalue weighted by atomic mass is 16.5. The summed E-state index contributed by atoms with van der Waals surface area (Å²) in [6, 6.07) is 7.30. The van der Waals surface area contributed by atoms with Gasteiger partial charge in [0, 0.05) is 10.9 Å². The molecule has 5 heteroatoms. The van der Waals surface area contributed by atoms with Crippen LogP contribution in [0.5, 0.6) is 0 Å². The monoisotopic (exact) mass is 282 g/mol. The molecule has 0 atom stereocenters. The zero-order chi connectivity index (χ0) is 15.6. The van der Waals surface area contributed by atoms with E-state index in [4.69, 9.17) is 5.26 Å². The normalized spacial score (nSPS) is 11.2. The van der Waals surface area contributed by atoms with E-state index in [-0.39, 0.29) is 16.7 Å². The second-order valence-electron chi connectivity index (χ2n) is 4.70. The molecule has 2 rings (SSSR count). The predicted molar refractivity (Wildman–Crippen MR) is 79.6 cm³/mol. The number of nitrogens with one attached hydrogen (secondary N) is 1. The van der Waals surface area contributed by atoms with Crippen molar-refractivity contribution in [3.8, 4) is 6.07 Å². The average molecular weight is 282 g/mol. The fourth-order valence-electron chi connectivity index (χ4n) is 2.10. The van der Waals surface area contributed by atoms with Crippen molar-refractivity contribution in [2.24, 2.45) is 0 Å². The van der Waals surface area contributed by atoms with E-state index in [1.54, 1.807) is 12.1 Å². The molecule has 1 heterocycles. The van der Waals surface area contributed by atoms with Crippen molar-refractivity contribution in [2.45, 2.75) is 13.8 Å². The number of aromatic amines is 1. The lowest BCUT2D eigenvalue weighted by atomic mass is 10.0. The van der Waals surface area contributed by atoms with E-state index >= 15 is 0 Å². The van der Waals surface area contributed by atoms with Gasteiger partial charge in [-0.3, -0.25) is 4.79 Å². The number of methoxy groups -OCH3 is 1. The molecule has 0 aliphatic heterocycles. The number of nitriles is 1. The molecule has 0 bridgehead atoms. The summed E-state index contributed by atoms with van der Waals surface area (Å²) in [7, 11) is 1.19.